The van der Waals surface area contributed by atoms with Gasteiger partial charge in [-0.05, 0) is 24.5 Å². The monoisotopic (exact) mass is 344 g/mol. The van der Waals surface area contributed by atoms with Crippen molar-refractivity contribution < 1.29 is 14.4 Å². The average molecular weight is 344 g/mol. The van der Waals surface area contributed by atoms with Crippen molar-refractivity contribution in [2.45, 2.75) is 43.9 Å². The second-order valence-corrected chi connectivity index (χ2v) is 7.16. The van der Waals surface area contributed by atoms with Gasteiger partial charge in [-0.1, -0.05) is 11.2 Å². The minimum Gasteiger partial charge on any atom is -0.387 e. The maximum absolute atomic E-state index is 12.3. The minimum absolute atomic E-state index is 0.127. The summed E-state index contributed by atoms with van der Waals surface area (Å²) in [7, 11) is 0. The molecule has 7 heteroatoms. The van der Waals surface area contributed by atoms with E-state index >= 15 is 0 Å². The first-order chi connectivity index (χ1) is 12.2. The summed E-state index contributed by atoms with van der Waals surface area (Å²) >= 11 is 0. The zero-order valence-electron chi connectivity index (χ0n) is 14.3. The molecule has 0 aromatic carbocycles. The highest BCUT2D eigenvalue weighted by atomic mass is 16.7. The summed E-state index contributed by atoms with van der Waals surface area (Å²) < 4.78 is 5.53. The average Bonchev–Trinajstić information content (AvgIpc) is 3.37. The molecular weight excluding hydrogens is 320 g/mol. The van der Waals surface area contributed by atoms with Crippen LogP contribution in [0.4, 0.5) is 0 Å². The molecular formula is C18H24N4O3. The van der Waals surface area contributed by atoms with Crippen LogP contribution >= 0.6 is 0 Å². The second kappa shape index (κ2) is 7.09. The van der Waals surface area contributed by atoms with Crippen molar-refractivity contribution in [1.82, 2.24) is 15.2 Å². The fraction of sp³-hybridized carbons (Fsp3) is 0.611. The van der Waals surface area contributed by atoms with Gasteiger partial charge in [0.25, 0.3) is 5.91 Å². The van der Waals surface area contributed by atoms with E-state index in [4.69, 9.17) is 9.57 Å². The molecule has 3 aliphatic heterocycles. The topological polar surface area (TPSA) is 76.1 Å². The number of hydrogen-bond donors (Lipinski definition) is 1. The molecule has 3 aliphatic rings. The smallest absolute Gasteiger partial charge is 0.269 e. The number of carbonyl (C=O) groups is 1. The Morgan fingerprint density at radius 3 is 3.24 bits per heavy atom. The van der Waals surface area contributed by atoms with E-state index in [1.54, 1.807) is 6.20 Å². The Bertz CT molecular complexity index is 645. The van der Waals surface area contributed by atoms with E-state index in [2.05, 4.69) is 26.4 Å². The van der Waals surface area contributed by atoms with E-state index in [0.717, 1.165) is 45.5 Å². The van der Waals surface area contributed by atoms with Crippen molar-refractivity contribution in [1.29, 1.82) is 0 Å². The summed E-state index contributed by atoms with van der Waals surface area (Å²) in [5, 5.41) is 7.01. The van der Waals surface area contributed by atoms with Gasteiger partial charge in [0.05, 0.1) is 6.10 Å². The van der Waals surface area contributed by atoms with Crippen LogP contribution in [0.5, 0.6) is 0 Å². The molecule has 2 atom stereocenters. The van der Waals surface area contributed by atoms with E-state index in [-0.39, 0.29) is 17.6 Å². The number of hydrogen-bond acceptors (Lipinski definition) is 6. The van der Waals surface area contributed by atoms with Gasteiger partial charge in [-0.25, -0.2) is 0 Å². The number of nitrogens with zero attached hydrogens (tertiary/aromatic N) is 3. The highest BCUT2D eigenvalue weighted by molar-refractivity contribution is 6.39. The molecule has 134 valence electrons. The highest BCUT2D eigenvalue weighted by Crippen LogP contribution is 2.34. The van der Waals surface area contributed by atoms with Gasteiger partial charge in [-0.3, -0.25) is 14.7 Å². The quantitative estimate of drug-likeness (QED) is 0.866. The molecule has 1 spiro atoms. The van der Waals surface area contributed by atoms with E-state index in [0.29, 0.717) is 18.7 Å². The highest BCUT2D eigenvalue weighted by Gasteiger charge is 2.46. The predicted octanol–water partition coefficient (Wildman–Crippen LogP) is 1.10. The van der Waals surface area contributed by atoms with Crippen molar-refractivity contribution in [3.63, 3.8) is 0 Å². The summed E-state index contributed by atoms with van der Waals surface area (Å²) in [6, 6.07) is 4.03. The fourth-order valence-electron chi connectivity index (χ4n) is 3.79. The molecule has 4 heterocycles. The number of rotatable bonds is 5. The molecule has 0 aliphatic carbocycles. The molecule has 7 nitrogen and oxygen atoms in total. The third-order valence-corrected chi connectivity index (χ3v) is 5.14. The first kappa shape index (κ1) is 16.5. The lowest BCUT2D eigenvalue weighted by molar-refractivity contribution is -0.115. The van der Waals surface area contributed by atoms with Gasteiger partial charge >= 0.3 is 0 Å². The third kappa shape index (κ3) is 3.82. The van der Waals surface area contributed by atoms with Crippen LogP contribution in [-0.4, -0.2) is 59.4 Å². The van der Waals surface area contributed by atoms with Crippen LogP contribution in [0.1, 0.15) is 31.2 Å². The van der Waals surface area contributed by atoms with Crippen molar-refractivity contribution >= 4 is 11.6 Å². The Balaban J connectivity index is 1.27. The molecule has 25 heavy (non-hydrogen) atoms. The lowest BCUT2D eigenvalue weighted by Gasteiger charge is -2.21. The summed E-state index contributed by atoms with van der Waals surface area (Å²) in [5.41, 5.74) is 1.34. The van der Waals surface area contributed by atoms with Crippen molar-refractivity contribution in [3.05, 3.63) is 30.1 Å². The molecule has 1 N–H and O–H groups in total. The summed E-state index contributed by atoms with van der Waals surface area (Å²) in [4.78, 5) is 24.5. The van der Waals surface area contributed by atoms with Gasteiger partial charge in [-0.2, -0.15) is 0 Å². The van der Waals surface area contributed by atoms with E-state index in [9.17, 15) is 4.79 Å². The van der Waals surface area contributed by atoms with E-state index in [1.807, 2.05) is 12.3 Å². The predicted molar refractivity (Wildman–Crippen MR) is 92.0 cm³/mol. The number of aromatic nitrogens is 1. The maximum Gasteiger partial charge on any atom is 0.269 e. The maximum atomic E-state index is 12.3. The molecule has 1 amide bonds. The van der Waals surface area contributed by atoms with Crippen molar-refractivity contribution in [2.75, 3.05) is 26.2 Å². The molecule has 2 fully saturated rings. The molecule has 2 saturated heterocycles. The van der Waals surface area contributed by atoms with Crippen LogP contribution in [0.2, 0.25) is 0 Å². The first-order valence-corrected chi connectivity index (χ1v) is 8.99. The SMILES string of the molecule is O=C(NC[C@H]1CCCO1)C1=NO[C@]2(CCN(Cc3cccnc3)C2)C1. The van der Waals surface area contributed by atoms with Crippen LogP contribution in [0.15, 0.2) is 29.7 Å². The minimum atomic E-state index is -0.348. The van der Waals surface area contributed by atoms with Gasteiger partial charge < -0.3 is 14.9 Å². The van der Waals surface area contributed by atoms with Crippen LogP contribution in [0.25, 0.3) is 0 Å². The fourth-order valence-corrected chi connectivity index (χ4v) is 3.79. The molecule has 4 rings (SSSR count). The molecule has 0 bridgehead atoms. The van der Waals surface area contributed by atoms with Gasteiger partial charge in [0.1, 0.15) is 5.71 Å². The van der Waals surface area contributed by atoms with Crippen LogP contribution in [-0.2, 0) is 20.9 Å². The van der Waals surface area contributed by atoms with Crippen LogP contribution < -0.4 is 5.32 Å². The number of amides is 1. The summed E-state index contributed by atoms with van der Waals surface area (Å²) in [6.45, 7) is 3.92. The molecule has 0 radical (unpaired) electrons. The Kier molecular flexibility index (Phi) is 4.67. The third-order valence-electron chi connectivity index (χ3n) is 5.14. The molecule has 0 unspecified atom stereocenters. The largest absolute Gasteiger partial charge is 0.387 e. The number of ether oxygens (including phenoxy) is 1. The van der Waals surface area contributed by atoms with Crippen molar-refractivity contribution in [3.8, 4) is 0 Å². The first-order valence-electron chi connectivity index (χ1n) is 8.99. The Hall–Kier alpha value is -1.99. The summed E-state index contributed by atoms with van der Waals surface area (Å²) in [6.07, 6.45) is 7.36. The lowest BCUT2D eigenvalue weighted by Crippen LogP contribution is -2.39. The van der Waals surface area contributed by atoms with Gasteiger partial charge in [0.15, 0.2) is 5.60 Å². The van der Waals surface area contributed by atoms with Crippen molar-refractivity contribution in [2.24, 2.45) is 5.16 Å². The Morgan fingerprint density at radius 1 is 1.48 bits per heavy atom. The Morgan fingerprint density at radius 2 is 2.44 bits per heavy atom. The van der Waals surface area contributed by atoms with Gasteiger partial charge in [0, 0.05) is 58.0 Å². The van der Waals surface area contributed by atoms with Gasteiger partial charge in [-0.15, -0.1) is 0 Å². The molecule has 1 aromatic heterocycles. The zero-order valence-corrected chi connectivity index (χ0v) is 14.3. The number of oxime groups is 1. The van der Waals surface area contributed by atoms with E-state index < -0.39 is 0 Å². The normalized spacial score (nSPS) is 29.0. The Labute approximate surface area is 147 Å². The van der Waals surface area contributed by atoms with E-state index in [1.165, 1.54) is 5.56 Å². The summed E-state index contributed by atoms with van der Waals surface area (Å²) in [5.74, 6) is -0.127. The molecule has 1 aromatic rings. The number of likely N-dealkylation sites (tertiary alicyclic amines) is 1. The van der Waals surface area contributed by atoms with Crippen LogP contribution in [0, 0.1) is 0 Å². The zero-order chi connectivity index (χ0) is 17.1. The van der Waals surface area contributed by atoms with Gasteiger partial charge in [0.2, 0.25) is 0 Å². The number of nitrogens with one attached hydrogen (secondary N) is 1. The number of pyridine rings is 1. The molecule has 0 saturated carbocycles. The second-order valence-electron chi connectivity index (χ2n) is 7.16. The standard InChI is InChI=1S/C18H24N4O3/c23-17(20-11-15-4-2-8-24-15)16-9-18(25-21-16)5-7-22(13-18)12-14-3-1-6-19-10-14/h1,3,6,10,15H,2,4-5,7-9,11-13H2,(H,20,23)/t15-,18-/m1/s1. The van der Waals surface area contributed by atoms with Crippen LogP contribution in [0.3, 0.4) is 0 Å². The number of carbonyl (C=O) groups excluding carboxylic acids is 1. The lowest BCUT2D eigenvalue weighted by atomic mass is 9.96.